The Bertz CT molecular complexity index is 478. The van der Waals surface area contributed by atoms with Crippen molar-refractivity contribution in [2.75, 3.05) is 0 Å². The molecule has 2 aromatic rings. The molecule has 0 aliphatic carbocycles. The van der Waals surface area contributed by atoms with Crippen LogP contribution in [0.5, 0.6) is 0 Å². The molecule has 0 N–H and O–H groups in total. The third-order valence-electron chi connectivity index (χ3n) is 1.49. The van der Waals surface area contributed by atoms with Crippen molar-refractivity contribution >= 4 is 34.2 Å². The average Bonchev–Trinajstić information content (AvgIpc) is 2.04. The molecule has 0 atom stereocenters. The fraction of sp³-hybridized carbons (Fsp3) is 0. The van der Waals surface area contributed by atoms with Crippen LogP contribution in [0.25, 0.3) is 10.2 Å². The molecule has 0 aromatic carbocycles. The van der Waals surface area contributed by atoms with Gasteiger partial charge in [0.2, 0.25) is 0 Å². The topological polar surface area (TPSA) is 30.0 Å². The molecule has 0 unspecified atom stereocenters. The summed E-state index contributed by atoms with van der Waals surface area (Å²) < 4.78 is 0.700. The van der Waals surface area contributed by atoms with Crippen molar-refractivity contribution in [3.8, 4) is 0 Å². The molecule has 2 heterocycles. The maximum absolute atomic E-state index is 11.3. The highest BCUT2D eigenvalue weighted by Gasteiger charge is 1.99. The van der Waals surface area contributed by atoms with E-state index in [0.717, 1.165) is 4.83 Å². The smallest absolute Gasteiger partial charge is 0.190 e. The van der Waals surface area contributed by atoms with Crippen LogP contribution >= 0.6 is 24.0 Å². The van der Waals surface area contributed by atoms with Gasteiger partial charge in [0.15, 0.2) is 5.43 Å². The molecule has 2 nitrogen and oxygen atoms in total. The molecule has 2 rings (SSSR count). The fourth-order valence-electron chi connectivity index (χ4n) is 0.978. The maximum Gasteiger partial charge on any atom is 0.190 e. The molecule has 12 heavy (non-hydrogen) atoms. The number of aromatic nitrogens is 1. The lowest BCUT2D eigenvalue weighted by molar-refractivity contribution is 1.43. The number of hydrogen-bond acceptors (Lipinski definition) is 4. The van der Waals surface area contributed by atoms with Gasteiger partial charge in [-0.15, -0.1) is 24.0 Å². The number of nitrogens with zero attached hydrogens (tertiary/aromatic N) is 1. The van der Waals surface area contributed by atoms with E-state index in [9.17, 15) is 4.79 Å². The number of rotatable bonds is 0. The van der Waals surface area contributed by atoms with Gasteiger partial charge in [0, 0.05) is 12.3 Å². The predicted molar refractivity (Wildman–Crippen MR) is 53.1 cm³/mol. The number of fused-ring (bicyclic) bond motifs is 1. The summed E-state index contributed by atoms with van der Waals surface area (Å²) in [5.74, 6) is 0. The highest BCUT2D eigenvalue weighted by molar-refractivity contribution is 7.83. The Kier molecular flexibility index (Phi) is 1.86. The van der Waals surface area contributed by atoms with Crippen LogP contribution in [0.15, 0.2) is 33.4 Å². The van der Waals surface area contributed by atoms with Gasteiger partial charge < -0.3 is 0 Å². The number of hydrogen-bond donors (Lipinski definition) is 1. The summed E-state index contributed by atoms with van der Waals surface area (Å²) >= 11 is 5.52. The van der Waals surface area contributed by atoms with E-state index in [-0.39, 0.29) is 5.43 Å². The van der Waals surface area contributed by atoms with Crippen LogP contribution in [0, 0.1) is 0 Å². The van der Waals surface area contributed by atoms with Gasteiger partial charge in [-0.3, -0.25) is 4.79 Å². The Balaban J connectivity index is 2.99. The van der Waals surface area contributed by atoms with E-state index < -0.39 is 0 Å². The van der Waals surface area contributed by atoms with Gasteiger partial charge in [0.05, 0.1) is 9.60 Å². The van der Waals surface area contributed by atoms with Crippen molar-refractivity contribution in [2.45, 2.75) is 4.21 Å². The second-order valence-electron chi connectivity index (χ2n) is 2.31. The number of thiol groups is 1. The van der Waals surface area contributed by atoms with Crippen molar-refractivity contribution < 1.29 is 0 Å². The minimum absolute atomic E-state index is 0.0122. The van der Waals surface area contributed by atoms with Crippen LogP contribution in [-0.2, 0) is 0 Å². The summed E-state index contributed by atoms with van der Waals surface area (Å²) in [4.78, 5) is 16.1. The first-order valence-electron chi connectivity index (χ1n) is 3.35. The maximum atomic E-state index is 11.3. The lowest BCUT2D eigenvalue weighted by Crippen LogP contribution is -1.98. The largest absolute Gasteiger partial charge is 0.289 e. The monoisotopic (exact) mass is 195 g/mol. The lowest BCUT2D eigenvalue weighted by atomic mass is 10.3. The summed E-state index contributed by atoms with van der Waals surface area (Å²) in [6.45, 7) is 0. The summed E-state index contributed by atoms with van der Waals surface area (Å²) in [5.41, 5.74) is -0.0122. The van der Waals surface area contributed by atoms with Crippen molar-refractivity contribution in [3.63, 3.8) is 0 Å². The second kappa shape index (κ2) is 2.88. The van der Waals surface area contributed by atoms with Crippen LogP contribution in [0.4, 0.5) is 0 Å². The van der Waals surface area contributed by atoms with Gasteiger partial charge in [0.25, 0.3) is 0 Å². The van der Waals surface area contributed by atoms with E-state index in [1.807, 2.05) is 0 Å². The van der Waals surface area contributed by atoms with Crippen molar-refractivity contribution in [3.05, 3.63) is 34.6 Å². The Morgan fingerprint density at radius 2 is 2.33 bits per heavy atom. The van der Waals surface area contributed by atoms with Crippen LogP contribution in [0.2, 0.25) is 0 Å². The zero-order valence-electron chi connectivity index (χ0n) is 6.02. The van der Waals surface area contributed by atoms with Gasteiger partial charge in [0.1, 0.15) is 4.83 Å². The van der Waals surface area contributed by atoms with E-state index in [0.29, 0.717) is 9.60 Å². The van der Waals surface area contributed by atoms with Gasteiger partial charge in [-0.05, 0) is 12.1 Å². The molecule has 0 saturated carbocycles. The van der Waals surface area contributed by atoms with E-state index >= 15 is 0 Å². The van der Waals surface area contributed by atoms with Gasteiger partial charge in [-0.25, -0.2) is 4.98 Å². The Morgan fingerprint density at radius 3 is 3.17 bits per heavy atom. The van der Waals surface area contributed by atoms with Crippen molar-refractivity contribution in [1.82, 2.24) is 4.98 Å². The van der Waals surface area contributed by atoms with Gasteiger partial charge in [-0.1, -0.05) is 0 Å². The first-order chi connectivity index (χ1) is 5.77. The molecule has 0 bridgehead atoms. The van der Waals surface area contributed by atoms with E-state index in [2.05, 4.69) is 17.6 Å². The molecular formula is C8H5NOS2. The molecule has 60 valence electrons. The Labute approximate surface area is 78.3 Å². The molecule has 0 fully saturated rings. The molecule has 0 spiro atoms. The van der Waals surface area contributed by atoms with Crippen LogP contribution in [-0.4, -0.2) is 4.98 Å². The summed E-state index contributed by atoms with van der Waals surface area (Å²) in [6.07, 6.45) is 1.67. The lowest BCUT2D eigenvalue weighted by Gasteiger charge is -1.93. The third-order valence-corrected chi connectivity index (χ3v) is 2.74. The summed E-state index contributed by atoms with van der Waals surface area (Å²) in [6, 6.07) is 5.04. The van der Waals surface area contributed by atoms with E-state index in [1.54, 1.807) is 18.3 Å². The highest BCUT2D eigenvalue weighted by atomic mass is 32.2. The highest BCUT2D eigenvalue weighted by Crippen LogP contribution is 2.18. The van der Waals surface area contributed by atoms with Crippen LogP contribution in [0.1, 0.15) is 0 Å². The standard InChI is InChI=1S/C8H5NOS2/c10-6-4-7(11)12-8-5(6)2-1-3-9-8/h1-4,11H. The Hall–Kier alpha value is -0.870. The normalized spacial score (nSPS) is 10.4. The quantitative estimate of drug-likeness (QED) is 0.651. The molecule has 2 aromatic heterocycles. The predicted octanol–water partition coefficient (Wildman–Crippen LogP) is 1.95. The first kappa shape index (κ1) is 7.76. The van der Waals surface area contributed by atoms with Crippen LogP contribution in [0.3, 0.4) is 0 Å². The molecule has 0 amide bonds. The second-order valence-corrected chi connectivity index (χ2v) is 4.12. The molecule has 0 saturated heterocycles. The average molecular weight is 195 g/mol. The zero-order valence-corrected chi connectivity index (χ0v) is 7.73. The van der Waals surface area contributed by atoms with E-state index in [4.69, 9.17) is 0 Å². The Morgan fingerprint density at radius 1 is 1.50 bits per heavy atom. The molecule has 4 heteroatoms. The molecule has 0 aliphatic rings. The summed E-state index contributed by atoms with van der Waals surface area (Å²) in [7, 11) is 0. The van der Waals surface area contributed by atoms with Gasteiger partial charge >= 0.3 is 0 Å². The molecule has 0 aliphatic heterocycles. The minimum Gasteiger partial charge on any atom is -0.289 e. The summed E-state index contributed by atoms with van der Waals surface area (Å²) in [5, 5.41) is 0.667. The third kappa shape index (κ3) is 1.23. The SMILES string of the molecule is O=c1cc(S)sc2ncccc12. The number of pyridine rings is 1. The molecular weight excluding hydrogens is 190 g/mol. The fourth-order valence-corrected chi connectivity index (χ4v) is 2.11. The van der Waals surface area contributed by atoms with Crippen molar-refractivity contribution in [2.24, 2.45) is 0 Å². The van der Waals surface area contributed by atoms with Crippen LogP contribution < -0.4 is 5.43 Å². The zero-order chi connectivity index (χ0) is 8.55. The van der Waals surface area contributed by atoms with Crippen molar-refractivity contribution in [1.29, 1.82) is 0 Å². The minimum atomic E-state index is -0.0122. The van der Waals surface area contributed by atoms with Gasteiger partial charge in [-0.2, -0.15) is 0 Å². The van der Waals surface area contributed by atoms with E-state index in [1.165, 1.54) is 17.4 Å². The first-order valence-corrected chi connectivity index (χ1v) is 4.61. The molecule has 0 radical (unpaired) electrons.